The lowest BCUT2D eigenvalue weighted by Gasteiger charge is -2.24. The molecular formula is C22H23N5O. The Morgan fingerprint density at radius 2 is 1.93 bits per heavy atom. The van der Waals surface area contributed by atoms with Crippen molar-refractivity contribution in [1.29, 1.82) is 5.26 Å². The predicted octanol–water partition coefficient (Wildman–Crippen LogP) is 2.35. The molecule has 0 radical (unpaired) electrons. The number of hydrogen-bond acceptors (Lipinski definition) is 5. The lowest BCUT2D eigenvalue weighted by molar-refractivity contribution is 0.0782. The van der Waals surface area contributed by atoms with E-state index < -0.39 is 0 Å². The van der Waals surface area contributed by atoms with E-state index in [9.17, 15) is 4.79 Å². The summed E-state index contributed by atoms with van der Waals surface area (Å²) >= 11 is 0. The number of carbonyl (C=O) groups is 1. The van der Waals surface area contributed by atoms with Crippen molar-refractivity contribution in [3.05, 3.63) is 52.5 Å². The van der Waals surface area contributed by atoms with E-state index in [1.54, 1.807) is 24.3 Å². The Kier molecular flexibility index (Phi) is 4.04. The van der Waals surface area contributed by atoms with Crippen molar-refractivity contribution in [1.82, 2.24) is 14.9 Å². The van der Waals surface area contributed by atoms with Crippen LogP contribution in [0.25, 0.3) is 0 Å². The fraction of sp³-hybridized carbons (Fsp3) is 0.455. The average Bonchev–Trinajstić information content (AvgIpc) is 3.41. The van der Waals surface area contributed by atoms with Crippen molar-refractivity contribution < 1.29 is 4.79 Å². The molecule has 6 heteroatoms. The smallest absolute Gasteiger partial charge is 0.253 e. The maximum Gasteiger partial charge on any atom is 0.253 e. The molecular weight excluding hydrogens is 350 g/mol. The van der Waals surface area contributed by atoms with E-state index in [1.165, 1.54) is 17.7 Å². The highest BCUT2D eigenvalue weighted by Gasteiger charge is 2.43. The lowest BCUT2D eigenvalue weighted by Crippen LogP contribution is -2.34. The molecule has 3 heterocycles. The lowest BCUT2D eigenvalue weighted by atomic mass is 10.0. The Hall–Kier alpha value is -2.94. The second-order valence-electron chi connectivity index (χ2n) is 8.20. The van der Waals surface area contributed by atoms with Crippen LogP contribution in [-0.4, -0.2) is 47.0 Å². The first-order chi connectivity index (χ1) is 13.6. The van der Waals surface area contributed by atoms with Gasteiger partial charge in [-0.05, 0) is 44.4 Å². The minimum Gasteiger partial charge on any atom is -0.356 e. The summed E-state index contributed by atoms with van der Waals surface area (Å²) in [6.07, 6.45) is 3.32. The van der Waals surface area contributed by atoms with Crippen molar-refractivity contribution in [2.75, 3.05) is 31.1 Å². The minimum atomic E-state index is 0.0387. The van der Waals surface area contributed by atoms with Crippen LogP contribution in [-0.2, 0) is 12.8 Å². The third-order valence-electron chi connectivity index (χ3n) is 6.33. The first-order valence-corrected chi connectivity index (χ1v) is 10.0. The Morgan fingerprint density at radius 1 is 1.14 bits per heavy atom. The van der Waals surface area contributed by atoms with Crippen LogP contribution in [0.1, 0.15) is 39.4 Å². The molecule has 2 saturated heterocycles. The zero-order valence-electron chi connectivity index (χ0n) is 16.1. The zero-order chi connectivity index (χ0) is 19.3. The highest BCUT2D eigenvalue weighted by atomic mass is 16.2. The molecule has 2 fully saturated rings. The number of nitrogens with zero attached hydrogens (tertiary/aromatic N) is 5. The van der Waals surface area contributed by atoms with Gasteiger partial charge in [-0.1, -0.05) is 6.07 Å². The predicted molar refractivity (Wildman–Crippen MR) is 105 cm³/mol. The maximum absolute atomic E-state index is 12.9. The van der Waals surface area contributed by atoms with Crippen LogP contribution >= 0.6 is 0 Å². The van der Waals surface area contributed by atoms with Gasteiger partial charge in [0.05, 0.1) is 11.6 Å². The van der Waals surface area contributed by atoms with Gasteiger partial charge in [0.25, 0.3) is 5.91 Å². The van der Waals surface area contributed by atoms with Crippen LogP contribution in [0, 0.1) is 30.1 Å². The number of aryl methyl sites for hydroxylation is 2. The topological polar surface area (TPSA) is 73.1 Å². The van der Waals surface area contributed by atoms with Crippen LogP contribution in [0.5, 0.6) is 0 Å². The molecule has 5 rings (SSSR count). The quantitative estimate of drug-likeness (QED) is 0.808. The van der Waals surface area contributed by atoms with Gasteiger partial charge >= 0.3 is 0 Å². The molecule has 2 unspecified atom stereocenters. The van der Waals surface area contributed by atoms with Gasteiger partial charge in [-0.3, -0.25) is 4.79 Å². The van der Waals surface area contributed by atoms with Gasteiger partial charge in [-0.2, -0.15) is 5.26 Å². The van der Waals surface area contributed by atoms with Gasteiger partial charge in [0, 0.05) is 54.8 Å². The molecule has 2 aliphatic heterocycles. The van der Waals surface area contributed by atoms with Gasteiger partial charge in [0.1, 0.15) is 11.6 Å². The highest BCUT2D eigenvalue weighted by molar-refractivity contribution is 5.94. The van der Waals surface area contributed by atoms with E-state index >= 15 is 0 Å². The van der Waals surface area contributed by atoms with E-state index in [2.05, 4.69) is 16.0 Å². The molecule has 3 aliphatic rings. The summed E-state index contributed by atoms with van der Waals surface area (Å²) in [5.74, 6) is 3.00. The van der Waals surface area contributed by atoms with Crippen molar-refractivity contribution in [3.63, 3.8) is 0 Å². The van der Waals surface area contributed by atoms with E-state index in [1.807, 2.05) is 11.8 Å². The largest absolute Gasteiger partial charge is 0.356 e. The number of likely N-dealkylation sites (tertiary alicyclic amines) is 1. The third-order valence-corrected chi connectivity index (χ3v) is 6.33. The van der Waals surface area contributed by atoms with Crippen LogP contribution in [0.4, 0.5) is 5.82 Å². The van der Waals surface area contributed by atoms with Crippen molar-refractivity contribution >= 4 is 11.7 Å². The number of aromatic nitrogens is 2. The summed E-state index contributed by atoms with van der Waals surface area (Å²) in [7, 11) is 0. The third kappa shape index (κ3) is 2.82. The second-order valence-corrected chi connectivity index (χ2v) is 8.20. The molecule has 0 saturated carbocycles. The summed E-state index contributed by atoms with van der Waals surface area (Å²) in [5.41, 5.74) is 3.71. The zero-order valence-corrected chi connectivity index (χ0v) is 16.1. The van der Waals surface area contributed by atoms with Gasteiger partial charge in [0.15, 0.2) is 0 Å². The van der Waals surface area contributed by atoms with Gasteiger partial charge in [-0.15, -0.1) is 0 Å². The van der Waals surface area contributed by atoms with E-state index in [-0.39, 0.29) is 5.91 Å². The molecule has 0 bridgehead atoms. The Labute approximate surface area is 164 Å². The Balaban J connectivity index is 1.31. The molecule has 2 atom stereocenters. The Bertz CT molecular complexity index is 981. The normalized spacial score (nSPS) is 22.9. The number of hydrogen-bond donors (Lipinski definition) is 0. The van der Waals surface area contributed by atoms with E-state index in [4.69, 9.17) is 10.2 Å². The monoisotopic (exact) mass is 373 g/mol. The van der Waals surface area contributed by atoms with Crippen LogP contribution < -0.4 is 4.90 Å². The number of nitriles is 1. The number of anilines is 1. The average molecular weight is 373 g/mol. The molecule has 1 aliphatic carbocycles. The van der Waals surface area contributed by atoms with Crippen molar-refractivity contribution in [2.24, 2.45) is 11.8 Å². The summed E-state index contributed by atoms with van der Waals surface area (Å²) < 4.78 is 0. The molecule has 2 aromatic rings. The van der Waals surface area contributed by atoms with E-state index in [0.29, 0.717) is 23.0 Å². The molecule has 0 N–H and O–H groups in total. The van der Waals surface area contributed by atoms with Gasteiger partial charge in [0.2, 0.25) is 0 Å². The maximum atomic E-state index is 12.9. The van der Waals surface area contributed by atoms with Crippen LogP contribution in [0.15, 0.2) is 24.3 Å². The summed E-state index contributed by atoms with van der Waals surface area (Å²) in [6, 6.07) is 9.12. The molecule has 0 spiro atoms. The Morgan fingerprint density at radius 3 is 2.68 bits per heavy atom. The highest BCUT2D eigenvalue weighted by Crippen LogP contribution is 2.37. The molecule has 142 valence electrons. The number of rotatable bonds is 2. The fourth-order valence-corrected chi connectivity index (χ4v) is 5.03. The summed E-state index contributed by atoms with van der Waals surface area (Å²) in [6.45, 7) is 5.45. The summed E-state index contributed by atoms with van der Waals surface area (Å²) in [4.78, 5) is 26.7. The molecule has 1 amide bonds. The van der Waals surface area contributed by atoms with Crippen LogP contribution in [0.3, 0.4) is 0 Å². The fourth-order valence-electron chi connectivity index (χ4n) is 5.03. The van der Waals surface area contributed by atoms with Crippen LogP contribution in [0.2, 0.25) is 0 Å². The summed E-state index contributed by atoms with van der Waals surface area (Å²) in [5, 5.41) is 9.07. The second kappa shape index (κ2) is 6.59. The first-order valence-electron chi connectivity index (χ1n) is 10.0. The first kappa shape index (κ1) is 17.2. The molecule has 1 aromatic heterocycles. The molecule has 28 heavy (non-hydrogen) atoms. The number of fused-ring (bicyclic) bond motifs is 2. The van der Waals surface area contributed by atoms with Gasteiger partial charge in [-0.25, -0.2) is 9.97 Å². The van der Waals surface area contributed by atoms with Gasteiger partial charge < -0.3 is 9.80 Å². The number of carbonyl (C=O) groups excluding carboxylic acids is 1. The van der Waals surface area contributed by atoms with Crippen molar-refractivity contribution in [3.8, 4) is 6.07 Å². The molecule has 6 nitrogen and oxygen atoms in total. The number of benzene rings is 1. The standard InChI is InChI=1S/C22H23N5O/c1-14-24-20-7-3-6-19(20)21(25-14)26-10-17-12-27(13-18(17)11-26)22(28)16-5-2-4-15(8-16)9-23/h2,4-5,8,17-18H,3,6-7,10-13H2,1H3. The molecule has 1 aromatic carbocycles. The minimum absolute atomic E-state index is 0.0387. The SMILES string of the molecule is Cc1nc2c(c(N3CC4CN(C(=O)c5cccc(C#N)c5)CC4C3)n1)CCC2. The van der Waals surface area contributed by atoms with Crippen molar-refractivity contribution in [2.45, 2.75) is 26.2 Å². The van der Waals surface area contributed by atoms with E-state index in [0.717, 1.165) is 50.7 Å². The number of amides is 1.